The molecule has 0 atom stereocenters. The van der Waals surface area contributed by atoms with E-state index >= 15 is 0 Å². The molecule has 1 N–H and O–H groups in total. The molecular weight excluding hydrogens is 186 g/mol. The van der Waals surface area contributed by atoms with Gasteiger partial charge in [0, 0.05) is 14.1 Å². The van der Waals surface area contributed by atoms with Crippen molar-refractivity contribution in [2.75, 3.05) is 19.0 Å². The van der Waals surface area contributed by atoms with Gasteiger partial charge in [-0.15, -0.1) is 0 Å². The number of hydrogen-bond acceptors (Lipinski definition) is 2. The van der Waals surface area contributed by atoms with E-state index in [1.807, 2.05) is 25.1 Å². The topological polar surface area (TPSA) is 23.5 Å². The Hall–Kier alpha value is -1.18. The van der Waals surface area contributed by atoms with Gasteiger partial charge in [-0.1, -0.05) is 19.4 Å². The molecule has 1 aromatic rings. The molecular formula is C13H21NO. The van der Waals surface area contributed by atoms with Crippen molar-refractivity contribution in [3.63, 3.8) is 0 Å². The number of rotatable bonds is 4. The highest BCUT2D eigenvalue weighted by Crippen LogP contribution is 2.32. The van der Waals surface area contributed by atoms with Crippen LogP contribution in [0.25, 0.3) is 0 Å². The molecule has 0 aliphatic carbocycles. The van der Waals surface area contributed by atoms with E-state index in [4.69, 9.17) is 0 Å². The summed E-state index contributed by atoms with van der Waals surface area (Å²) >= 11 is 0. The third-order valence-electron chi connectivity index (χ3n) is 2.59. The maximum absolute atomic E-state index is 10.1. The van der Waals surface area contributed by atoms with Gasteiger partial charge in [-0.05, 0) is 37.0 Å². The number of benzene rings is 1. The Morgan fingerprint density at radius 3 is 2.47 bits per heavy atom. The van der Waals surface area contributed by atoms with Gasteiger partial charge >= 0.3 is 0 Å². The number of phenols is 1. The van der Waals surface area contributed by atoms with E-state index in [-0.39, 0.29) is 0 Å². The fourth-order valence-corrected chi connectivity index (χ4v) is 1.73. The second-order valence-corrected chi connectivity index (χ2v) is 4.29. The second-order valence-electron chi connectivity index (χ2n) is 4.29. The number of anilines is 1. The van der Waals surface area contributed by atoms with Crippen LogP contribution >= 0.6 is 0 Å². The molecule has 0 aromatic heterocycles. The quantitative estimate of drug-likeness (QED) is 0.820. The predicted molar refractivity (Wildman–Crippen MR) is 65.8 cm³/mol. The SMILES string of the molecule is CCCCc1cc(C)cc(N(C)C)c1O. The zero-order valence-corrected chi connectivity index (χ0v) is 10.2. The van der Waals surface area contributed by atoms with E-state index in [1.54, 1.807) is 0 Å². The Morgan fingerprint density at radius 2 is 1.93 bits per heavy atom. The molecule has 2 heteroatoms. The highest BCUT2D eigenvalue weighted by molar-refractivity contribution is 5.62. The Morgan fingerprint density at radius 1 is 1.27 bits per heavy atom. The second kappa shape index (κ2) is 5.06. The molecule has 0 fully saturated rings. The molecule has 1 rings (SSSR count). The Labute approximate surface area is 92.5 Å². The summed E-state index contributed by atoms with van der Waals surface area (Å²) in [5.74, 6) is 0.444. The van der Waals surface area contributed by atoms with Crippen LogP contribution in [0.15, 0.2) is 12.1 Å². The van der Waals surface area contributed by atoms with E-state index in [1.165, 1.54) is 5.56 Å². The molecule has 0 aliphatic heterocycles. The lowest BCUT2D eigenvalue weighted by atomic mass is 10.0. The number of aryl methyl sites for hydroxylation is 2. The van der Waals surface area contributed by atoms with Gasteiger partial charge in [0.05, 0.1) is 5.69 Å². The molecule has 1 aromatic carbocycles. The number of unbranched alkanes of at least 4 members (excludes halogenated alkanes) is 1. The van der Waals surface area contributed by atoms with Crippen molar-refractivity contribution in [2.45, 2.75) is 33.1 Å². The Kier molecular flexibility index (Phi) is 4.01. The maximum Gasteiger partial charge on any atom is 0.142 e. The van der Waals surface area contributed by atoms with Gasteiger partial charge in [0.2, 0.25) is 0 Å². The summed E-state index contributed by atoms with van der Waals surface area (Å²) in [5.41, 5.74) is 3.20. The van der Waals surface area contributed by atoms with Crippen molar-refractivity contribution in [1.82, 2.24) is 0 Å². The first-order chi connectivity index (χ1) is 7.06. The fraction of sp³-hybridized carbons (Fsp3) is 0.538. The highest BCUT2D eigenvalue weighted by atomic mass is 16.3. The molecule has 0 saturated carbocycles. The molecule has 2 nitrogen and oxygen atoms in total. The summed E-state index contributed by atoms with van der Waals surface area (Å²) in [5, 5.41) is 10.1. The summed E-state index contributed by atoms with van der Waals surface area (Å²) < 4.78 is 0. The molecule has 0 unspecified atom stereocenters. The van der Waals surface area contributed by atoms with Crippen LogP contribution < -0.4 is 4.90 Å². The van der Waals surface area contributed by atoms with Gasteiger partial charge in [-0.2, -0.15) is 0 Å². The van der Waals surface area contributed by atoms with Crippen LogP contribution in [0.3, 0.4) is 0 Å². The van der Waals surface area contributed by atoms with Crippen LogP contribution in [-0.4, -0.2) is 19.2 Å². The average molecular weight is 207 g/mol. The van der Waals surface area contributed by atoms with E-state index in [2.05, 4.69) is 19.9 Å². The van der Waals surface area contributed by atoms with Gasteiger partial charge in [-0.25, -0.2) is 0 Å². The predicted octanol–water partition coefficient (Wildman–Crippen LogP) is 3.11. The van der Waals surface area contributed by atoms with Gasteiger partial charge in [0.25, 0.3) is 0 Å². The van der Waals surface area contributed by atoms with Crippen molar-refractivity contribution in [3.05, 3.63) is 23.3 Å². The van der Waals surface area contributed by atoms with Crippen molar-refractivity contribution in [2.24, 2.45) is 0 Å². The molecule has 84 valence electrons. The lowest BCUT2D eigenvalue weighted by molar-refractivity contribution is 0.467. The molecule has 0 amide bonds. The van der Waals surface area contributed by atoms with Crippen LogP contribution in [0.4, 0.5) is 5.69 Å². The number of nitrogens with zero attached hydrogens (tertiary/aromatic N) is 1. The summed E-state index contributed by atoms with van der Waals surface area (Å²) in [4.78, 5) is 1.96. The molecule has 0 bridgehead atoms. The van der Waals surface area contributed by atoms with Crippen molar-refractivity contribution < 1.29 is 5.11 Å². The highest BCUT2D eigenvalue weighted by Gasteiger charge is 2.09. The Balaban J connectivity index is 3.05. The van der Waals surface area contributed by atoms with Crippen LogP contribution in [0, 0.1) is 6.92 Å². The molecule has 0 radical (unpaired) electrons. The lowest BCUT2D eigenvalue weighted by Gasteiger charge is -2.17. The number of phenolic OH excluding ortho intramolecular Hbond substituents is 1. The van der Waals surface area contributed by atoms with E-state index in [0.717, 1.165) is 30.5 Å². The van der Waals surface area contributed by atoms with Crippen molar-refractivity contribution >= 4 is 5.69 Å². The minimum absolute atomic E-state index is 0.444. The fourth-order valence-electron chi connectivity index (χ4n) is 1.73. The third kappa shape index (κ3) is 2.88. The summed E-state index contributed by atoms with van der Waals surface area (Å²) in [6.45, 7) is 4.24. The summed E-state index contributed by atoms with van der Waals surface area (Å²) in [6, 6.07) is 4.10. The first kappa shape index (κ1) is 11.9. The van der Waals surface area contributed by atoms with Gasteiger partial charge in [-0.3, -0.25) is 0 Å². The van der Waals surface area contributed by atoms with Gasteiger partial charge < -0.3 is 10.0 Å². The van der Waals surface area contributed by atoms with E-state index in [0.29, 0.717) is 5.75 Å². The van der Waals surface area contributed by atoms with Crippen LogP contribution in [0.5, 0.6) is 5.75 Å². The largest absolute Gasteiger partial charge is 0.505 e. The minimum atomic E-state index is 0.444. The molecule has 0 aliphatic rings. The first-order valence-corrected chi connectivity index (χ1v) is 5.56. The third-order valence-corrected chi connectivity index (χ3v) is 2.59. The molecule has 0 spiro atoms. The molecule has 0 heterocycles. The summed E-state index contributed by atoms with van der Waals surface area (Å²) in [7, 11) is 3.91. The van der Waals surface area contributed by atoms with Crippen molar-refractivity contribution in [3.8, 4) is 5.75 Å². The van der Waals surface area contributed by atoms with E-state index in [9.17, 15) is 5.11 Å². The lowest BCUT2D eigenvalue weighted by Crippen LogP contribution is -2.09. The standard InChI is InChI=1S/C13H21NO/c1-5-6-7-11-8-10(2)9-12(13(11)15)14(3)4/h8-9,15H,5-7H2,1-4H3. The average Bonchev–Trinajstić information content (AvgIpc) is 2.18. The molecule has 15 heavy (non-hydrogen) atoms. The van der Waals surface area contributed by atoms with Crippen LogP contribution in [0.2, 0.25) is 0 Å². The normalized spacial score (nSPS) is 10.4. The van der Waals surface area contributed by atoms with Crippen LogP contribution in [0.1, 0.15) is 30.9 Å². The zero-order valence-electron chi connectivity index (χ0n) is 10.2. The van der Waals surface area contributed by atoms with Gasteiger partial charge in [0.15, 0.2) is 0 Å². The maximum atomic E-state index is 10.1. The Bertz CT molecular complexity index is 332. The monoisotopic (exact) mass is 207 g/mol. The number of aromatic hydroxyl groups is 1. The molecule has 0 saturated heterocycles. The van der Waals surface area contributed by atoms with Crippen molar-refractivity contribution in [1.29, 1.82) is 0 Å². The smallest absolute Gasteiger partial charge is 0.142 e. The summed E-state index contributed by atoms with van der Waals surface area (Å²) in [6.07, 6.45) is 3.25. The van der Waals surface area contributed by atoms with Gasteiger partial charge in [0.1, 0.15) is 5.75 Å². The first-order valence-electron chi connectivity index (χ1n) is 5.56. The zero-order chi connectivity index (χ0) is 11.4. The van der Waals surface area contributed by atoms with Crippen LogP contribution in [-0.2, 0) is 6.42 Å². The van der Waals surface area contributed by atoms with E-state index < -0.39 is 0 Å². The minimum Gasteiger partial charge on any atom is -0.505 e. The number of hydrogen-bond donors (Lipinski definition) is 1.